The lowest BCUT2D eigenvalue weighted by Crippen LogP contribution is -2.42. The van der Waals surface area contributed by atoms with Crippen molar-refractivity contribution < 1.29 is 13.9 Å². The number of aliphatic hydroxyl groups excluding tert-OH is 1. The molecule has 2 heterocycles. The number of hydrogen-bond donors (Lipinski definition) is 2. The highest BCUT2D eigenvalue weighted by molar-refractivity contribution is 5.91. The molecule has 0 radical (unpaired) electrons. The summed E-state index contributed by atoms with van der Waals surface area (Å²) in [4.78, 5) is 15.2. The van der Waals surface area contributed by atoms with Crippen LogP contribution in [0.25, 0.3) is 16.5 Å². The molecule has 1 fully saturated rings. The minimum absolute atomic E-state index is 0. The first kappa shape index (κ1) is 23.1. The molecule has 9 heteroatoms. The van der Waals surface area contributed by atoms with Gasteiger partial charge in [-0.25, -0.2) is 8.78 Å². The van der Waals surface area contributed by atoms with E-state index in [9.17, 15) is 13.6 Å². The summed E-state index contributed by atoms with van der Waals surface area (Å²) in [7, 11) is 0. The molecule has 2 aromatic carbocycles. The summed E-state index contributed by atoms with van der Waals surface area (Å²) in [5.74, 6) is -0.966. The Labute approximate surface area is 184 Å². The second kappa shape index (κ2) is 10.2. The molecule has 0 amide bonds. The predicted octanol–water partition coefficient (Wildman–Crippen LogP) is 3.03. The molecular weight excluding hydrogens is 426 g/mol. The quantitative estimate of drug-likeness (QED) is 0.625. The van der Waals surface area contributed by atoms with Crippen LogP contribution in [0.2, 0.25) is 0 Å². The number of anilines is 1. The van der Waals surface area contributed by atoms with Gasteiger partial charge >= 0.3 is 0 Å². The van der Waals surface area contributed by atoms with Gasteiger partial charge in [0.1, 0.15) is 11.5 Å². The number of nitrogens with one attached hydrogen (secondary N) is 1. The van der Waals surface area contributed by atoms with E-state index in [1.54, 1.807) is 12.1 Å². The van der Waals surface area contributed by atoms with Crippen LogP contribution in [-0.2, 0) is 0 Å². The number of hydrogen-bond acceptors (Lipinski definition) is 5. The van der Waals surface area contributed by atoms with E-state index < -0.39 is 17.2 Å². The van der Waals surface area contributed by atoms with Crippen LogP contribution in [-0.4, -0.2) is 47.2 Å². The lowest BCUT2D eigenvalue weighted by Gasteiger charge is -2.27. The van der Waals surface area contributed by atoms with Gasteiger partial charge in [-0.05, 0) is 31.0 Å². The van der Waals surface area contributed by atoms with Crippen LogP contribution in [0.4, 0.5) is 14.6 Å². The number of nitrogens with zero attached hydrogens (tertiary/aromatic N) is 3. The highest BCUT2D eigenvalue weighted by Gasteiger charge is 2.23. The second-order valence-electron chi connectivity index (χ2n) is 7.50. The van der Waals surface area contributed by atoms with Crippen molar-refractivity contribution in [2.24, 2.45) is 0 Å². The maximum absolute atomic E-state index is 14.5. The summed E-state index contributed by atoms with van der Waals surface area (Å²) in [6, 6.07) is 10.4. The Bertz CT molecular complexity index is 1110. The van der Waals surface area contributed by atoms with Gasteiger partial charge in [0.15, 0.2) is 11.6 Å². The van der Waals surface area contributed by atoms with Crippen molar-refractivity contribution in [1.82, 2.24) is 15.1 Å². The lowest BCUT2D eigenvalue weighted by atomic mass is 10.1. The Morgan fingerprint density at radius 3 is 2.65 bits per heavy atom. The molecule has 31 heavy (non-hydrogen) atoms. The smallest absolute Gasteiger partial charge is 0.279 e. The Morgan fingerprint density at radius 1 is 1.13 bits per heavy atom. The molecule has 6 nitrogen and oxygen atoms in total. The fourth-order valence-corrected chi connectivity index (χ4v) is 3.99. The summed E-state index contributed by atoms with van der Waals surface area (Å²) >= 11 is 0. The summed E-state index contributed by atoms with van der Waals surface area (Å²) in [5.41, 5.74) is -0.539. The third-order valence-electron chi connectivity index (χ3n) is 5.44. The van der Waals surface area contributed by atoms with E-state index in [1.807, 2.05) is 12.1 Å². The van der Waals surface area contributed by atoms with Crippen LogP contribution in [0.3, 0.4) is 0 Å². The molecule has 0 aliphatic carbocycles. The van der Waals surface area contributed by atoms with E-state index in [0.29, 0.717) is 29.7 Å². The molecule has 166 valence electrons. The average molecular weight is 451 g/mol. The van der Waals surface area contributed by atoms with Crippen LogP contribution in [0.1, 0.15) is 19.3 Å². The van der Waals surface area contributed by atoms with Gasteiger partial charge in [0.2, 0.25) is 0 Å². The van der Waals surface area contributed by atoms with Gasteiger partial charge in [0.25, 0.3) is 5.56 Å². The van der Waals surface area contributed by atoms with Gasteiger partial charge in [0.05, 0.1) is 12.0 Å². The zero-order chi connectivity index (χ0) is 21.1. The monoisotopic (exact) mass is 450 g/mol. The summed E-state index contributed by atoms with van der Waals surface area (Å²) in [6.45, 7) is 1.97. The first-order chi connectivity index (χ1) is 14.6. The van der Waals surface area contributed by atoms with Crippen LogP contribution >= 0.6 is 12.4 Å². The molecule has 1 aliphatic heterocycles. The standard InChI is InChI=1S/C22H24F2N4O2.ClH/c23-15-8-9-20(19(24)13-15)28-22(30)18-7-2-1-6-17(18)21(26-28)27-11-4-3-5-16(14-27)25-10-12-29;/h1-2,6-9,13,16,25,29H,3-5,10-12,14H2;1H. The molecule has 1 aromatic heterocycles. The van der Waals surface area contributed by atoms with Crippen molar-refractivity contribution in [3.63, 3.8) is 0 Å². The topological polar surface area (TPSA) is 70.4 Å². The predicted molar refractivity (Wildman–Crippen MR) is 119 cm³/mol. The molecule has 3 aromatic rings. The minimum atomic E-state index is -0.843. The SMILES string of the molecule is Cl.O=c1c2ccccc2c(N2CCCCC(NCCO)C2)nn1-c1ccc(F)cc1F. The van der Waals surface area contributed by atoms with Crippen LogP contribution in [0.15, 0.2) is 47.3 Å². The highest BCUT2D eigenvalue weighted by atomic mass is 35.5. The van der Waals surface area contributed by atoms with Crippen molar-refractivity contribution in [2.45, 2.75) is 25.3 Å². The maximum Gasteiger partial charge on any atom is 0.279 e. The van der Waals surface area contributed by atoms with Gasteiger partial charge in [0, 0.05) is 37.1 Å². The largest absolute Gasteiger partial charge is 0.395 e. The number of halogens is 3. The van der Waals surface area contributed by atoms with E-state index >= 15 is 0 Å². The van der Waals surface area contributed by atoms with Crippen LogP contribution in [0, 0.1) is 11.6 Å². The Balaban J connectivity index is 0.00000272. The van der Waals surface area contributed by atoms with E-state index in [4.69, 9.17) is 5.11 Å². The van der Waals surface area contributed by atoms with Crippen molar-refractivity contribution in [3.05, 3.63) is 64.5 Å². The third-order valence-corrected chi connectivity index (χ3v) is 5.44. The molecular formula is C22H25ClF2N4O2. The van der Waals surface area contributed by atoms with E-state index in [-0.39, 0.29) is 30.7 Å². The summed E-state index contributed by atoms with van der Waals surface area (Å²) < 4.78 is 28.9. The average Bonchev–Trinajstić information content (AvgIpc) is 2.99. The molecule has 1 unspecified atom stereocenters. The van der Waals surface area contributed by atoms with E-state index in [2.05, 4.69) is 15.3 Å². The summed E-state index contributed by atoms with van der Waals surface area (Å²) in [5, 5.41) is 18.1. The fraction of sp³-hybridized carbons (Fsp3) is 0.364. The van der Waals surface area contributed by atoms with Crippen molar-refractivity contribution in [2.75, 3.05) is 31.1 Å². The van der Waals surface area contributed by atoms with Crippen LogP contribution < -0.4 is 15.8 Å². The van der Waals surface area contributed by atoms with Crippen molar-refractivity contribution in [1.29, 1.82) is 0 Å². The van der Waals surface area contributed by atoms with Crippen molar-refractivity contribution in [3.8, 4) is 5.69 Å². The first-order valence-corrected chi connectivity index (χ1v) is 10.1. The Hall–Kier alpha value is -2.55. The first-order valence-electron chi connectivity index (χ1n) is 10.1. The van der Waals surface area contributed by atoms with Gasteiger partial charge in [-0.1, -0.05) is 24.6 Å². The molecule has 1 atom stereocenters. The number of aliphatic hydroxyl groups is 1. The third kappa shape index (κ3) is 4.87. The van der Waals surface area contributed by atoms with Gasteiger partial charge in [-0.3, -0.25) is 4.79 Å². The maximum atomic E-state index is 14.5. The van der Waals surface area contributed by atoms with Crippen LogP contribution in [0.5, 0.6) is 0 Å². The molecule has 0 spiro atoms. The number of fused-ring (bicyclic) bond motifs is 1. The van der Waals surface area contributed by atoms with Gasteiger partial charge < -0.3 is 15.3 Å². The Kier molecular flexibility index (Phi) is 7.59. The van der Waals surface area contributed by atoms with Gasteiger partial charge in [-0.15, -0.1) is 17.5 Å². The highest BCUT2D eigenvalue weighted by Crippen LogP contribution is 2.26. The molecule has 1 saturated heterocycles. The zero-order valence-electron chi connectivity index (χ0n) is 16.9. The molecule has 4 rings (SSSR count). The zero-order valence-corrected chi connectivity index (χ0v) is 17.7. The molecule has 2 N–H and O–H groups in total. The molecule has 0 saturated carbocycles. The second-order valence-corrected chi connectivity index (χ2v) is 7.50. The minimum Gasteiger partial charge on any atom is -0.395 e. The molecule has 0 bridgehead atoms. The van der Waals surface area contributed by atoms with Crippen molar-refractivity contribution >= 4 is 29.0 Å². The van der Waals surface area contributed by atoms with E-state index in [1.165, 1.54) is 6.07 Å². The summed E-state index contributed by atoms with van der Waals surface area (Å²) in [6.07, 6.45) is 2.96. The fourth-order valence-electron chi connectivity index (χ4n) is 3.99. The van der Waals surface area contributed by atoms with Gasteiger partial charge in [-0.2, -0.15) is 4.68 Å². The molecule has 1 aliphatic rings. The Morgan fingerprint density at radius 2 is 1.90 bits per heavy atom. The van der Waals surface area contributed by atoms with E-state index in [0.717, 1.165) is 42.6 Å². The normalized spacial score (nSPS) is 16.7. The lowest BCUT2D eigenvalue weighted by molar-refractivity contribution is 0.282. The number of benzene rings is 2. The number of rotatable bonds is 5. The number of aromatic nitrogens is 2.